The molecule has 1 atom stereocenters. The minimum atomic E-state index is 0.135. The van der Waals surface area contributed by atoms with Gasteiger partial charge in [0.1, 0.15) is 0 Å². The van der Waals surface area contributed by atoms with Gasteiger partial charge in [-0.15, -0.1) is 0 Å². The van der Waals surface area contributed by atoms with Crippen LogP contribution in [0.2, 0.25) is 5.02 Å². The number of nitrogens with zero attached hydrogens (tertiary/aromatic N) is 2. The van der Waals surface area contributed by atoms with Crippen LogP contribution in [0.1, 0.15) is 17.3 Å². The molecule has 108 valence electrons. The van der Waals surface area contributed by atoms with E-state index in [1.807, 2.05) is 18.8 Å². The highest BCUT2D eigenvalue weighted by molar-refractivity contribution is 6.31. The molecule has 0 fully saturated rings. The first-order chi connectivity index (χ1) is 10.2. The standard InChI is InChI=1S/C17H18ClN3/c1-19-16(17-15(18)11-20-21(17)2)10-13-8-5-7-12-6-3-4-9-14(12)13/h3-9,11,16,19H,10H2,1-2H3. The summed E-state index contributed by atoms with van der Waals surface area (Å²) in [6.07, 6.45) is 2.57. The Morgan fingerprint density at radius 1 is 1.19 bits per heavy atom. The molecule has 0 aliphatic rings. The Bertz CT molecular complexity index is 739. The smallest absolute Gasteiger partial charge is 0.0834 e. The monoisotopic (exact) mass is 299 g/mol. The van der Waals surface area contributed by atoms with E-state index in [-0.39, 0.29) is 6.04 Å². The lowest BCUT2D eigenvalue weighted by Gasteiger charge is -2.18. The van der Waals surface area contributed by atoms with E-state index >= 15 is 0 Å². The minimum absolute atomic E-state index is 0.135. The van der Waals surface area contributed by atoms with Gasteiger partial charge in [0.25, 0.3) is 0 Å². The first-order valence-corrected chi connectivity index (χ1v) is 7.40. The molecular weight excluding hydrogens is 282 g/mol. The number of hydrogen-bond acceptors (Lipinski definition) is 2. The van der Waals surface area contributed by atoms with Gasteiger partial charge in [-0.1, -0.05) is 54.1 Å². The lowest BCUT2D eigenvalue weighted by molar-refractivity contribution is 0.539. The molecule has 1 aromatic heterocycles. The lowest BCUT2D eigenvalue weighted by atomic mass is 9.97. The molecule has 0 radical (unpaired) electrons. The predicted molar refractivity (Wildman–Crippen MR) is 87.7 cm³/mol. The van der Waals surface area contributed by atoms with E-state index in [1.54, 1.807) is 6.20 Å². The topological polar surface area (TPSA) is 29.9 Å². The zero-order valence-corrected chi connectivity index (χ0v) is 12.9. The van der Waals surface area contributed by atoms with Gasteiger partial charge in [0.2, 0.25) is 0 Å². The SMILES string of the molecule is CNC(Cc1cccc2ccccc12)c1c(Cl)cnn1C. The summed E-state index contributed by atoms with van der Waals surface area (Å²) in [6.45, 7) is 0. The van der Waals surface area contributed by atoms with E-state index < -0.39 is 0 Å². The second kappa shape index (κ2) is 5.88. The number of nitrogens with one attached hydrogen (secondary N) is 1. The van der Waals surface area contributed by atoms with Gasteiger partial charge in [-0.3, -0.25) is 4.68 Å². The maximum absolute atomic E-state index is 6.28. The van der Waals surface area contributed by atoms with Gasteiger partial charge in [-0.2, -0.15) is 5.10 Å². The van der Waals surface area contributed by atoms with Gasteiger partial charge in [-0.25, -0.2) is 0 Å². The molecule has 0 saturated carbocycles. The number of likely N-dealkylation sites (N-methyl/N-ethyl adjacent to an activating group) is 1. The molecule has 0 saturated heterocycles. The summed E-state index contributed by atoms with van der Waals surface area (Å²) in [5.74, 6) is 0. The van der Waals surface area contributed by atoms with Crippen LogP contribution >= 0.6 is 11.6 Å². The molecule has 21 heavy (non-hydrogen) atoms. The predicted octanol–water partition coefficient (Wildman–Crippen LogP) is 3.73. The average Bonchev–Trinajstić information content (AvgIpc) is 2.84. The van der Waals surface area contributed by atoms with Gasteiger partial charge in [0.15, 0.2) is 0 Å². The van der Waals surface area contributed by atoms with Gasteiger partial charge < -0.3 is 5.32 Å². The van der Waals surface area contributed by atoms with Gasteiger partial charge in [0.05, 0.1) is 23.0 Å². The fraction of sp³-hybridized carbons (Fsp3) is 0.235. The van der Waals surface area contributed by atoms with Crippen LogP contribution in [0.4, 0.5) is 0 Å². The Balaban J connectivity index is 2.00. The third-order valence-corrected chi connectivity index (χ3v) is 4.21. The molecule has 1 unspecified atom stereocenters. The molecule has 0 amide bonds. The molecule has 2 aromatic carbocycles. The van der Waals surface area contributed by atoms with Crippen LogP contribution in [0.25, 0.3) is 10.8 Å². The van der Waals surface area contributed by atoms with Crippen LogP contribution in [-0.2, 0) is 13.5 Å². The van der Waals surface area contributed by atoms with E-state index in [4.69, 9.17) is 11.6 Å². The normalized spacial score (nSPS) is 12.7. The van der Waals surface area contributed by atoms with Crippen molar-refractivity contribution in [3.8, 4) is 0 Å². The first kappa shape index (κ1) is 14.1. The van der Waals surface area contributed by atoms with Crippen molar-refractivity contribution in [2.24, 2.45) is 7.05 Å². The molecule has 0 bridgehead atoms. The van der Waals surface area contributed by atoms with Crippen molar-refractivity contribution in [2.75, 3.05) is 7.05 Å². The molecule has 0 spiro atoms. The number of fused-ring (bicyclic) bond motifs is 1. The second-order valence-electron chi connectivity index (χ2n) is 5.19. The highest BCUT2D eigenvalue weighted by Gasteiger charge is 2.18. The Hall–Kier alpha value is -1.84. The maximum Gasteiger partial charge on any atom is 0.0834 e. The van der Waals surface area contributed by atoms with E-state index in [0.717, 1.165) is 12.1 Å². The van der Waals surface area contributed by atoms with Gasteiger partial charge in [-0.05, 0) is 29.8 Å². The summed E-state index contributed by atoms with van der Waals surface area (Å²) in [5.41, 5.74) is 2.33. The number of benzene rings is 2. The lowest BCUT2D eigenvalue weighted by Crippen LogP contribution is -2.22. The maximum atomic E-state index is 6.28. The molecule has 3 aromatic rings. The van der Waals surface area contributed by atoms with Crippen molar-refractivity contribution in [2.45, 2.75) is 12.5 Å². The Kier molecular flexibility index (Phi) is 3.95. The van der Waals surface area contributed by atoms with Gasteiger partial charge in [0, 0.05) is 7.05 Å². The fourth-order valence-electron chi connectivity index (χ4n) is 2.84. The molecule has 0 aliphatic carbocycles. The molecular formula is C17H18ClN3. The highest BCUT2D eigenvalue weighted by atomic mass is 35.5. The first-order valence-electron chi connectivity index (χ1n) is 7.02. The van der Waals surface area contributed by atoms with Crippen molar-refractivity contribution in [3.05, 3.63) is 64.9 Å². The Morgan fingerprint density at radius 2 is 1.95 bits per heavy atom. The number of aryl methyl sites for hydroxylation is 1. The van der Waals surface area contributed by atoms with E-state index in [9.17, 15) is 0 Å². The van der Waals surface area contributed by atoms with E-state index in [2.05, 4.69) is 52.9 Å². The fourth-order valence-corrected chi connectivity index (χ4v) is 3.14. The summed E-state index contributed by atoms with van der Waals surface area (Å²) in [6, 6.07) is 15.0. The zero-order valence-electron chi connectivity index (χ0n) is 12.2. The second-order valence-corrected chi connectivity index (χ2v) is 5.59. The summed E-state index contributed by atoms with van der Waals surface area (Å²) in [5, 5.41) is 10.8. The zero-order chi connectivity index (χ0) is 14.8. The van der Waals surface area contributed by atoms with Crippen LogP contribution in [-0.4, -0.2) is 16.8 Å². The van der Waals surface area contributed by atoms with Crippen molar-refractivity contribution >= 4 is 22.4 Å². The summed E-state index contributed by atoms with van der Waals surface area (Å²) in [4.78, 5) is 0. The average molecular weight is 300 g/mol. The molecule has 0 aliphatic heterocycles. The molecule has 3 nitrogen and oxygen atoms in total. The van der Waals surface area contributed by atoms with Crippen molar-refractivity contribution < 1.29 is 0 Å². The molecule has 1 N–H and O–H groups in total. The van der Waals surface area contributed by atoms with Crippen LogP contribution < -0.4 is 5.32 Å². The van der Waals surface area contributed by atoms with Crippen LogP contribution in [0.15, 0.2) is 48.7 Å². The van der Waals surface area contributed by atoms with Crippen molar-refractivity contribution in [1.29, 1.82) is 0 Å². The van der Waals surface area contributed by atoms with Crippen LogP contribution in [0.5, 0.6) is 0 Å². The minimum Gasteiger partial charge on any atom is -0.311 e. The van der Waals surface area contributed by atoms with Crippen molar-refractivity contribution in [1.82, 2.24) is 15.1 Å². The number of halogens is 1. The molecule has 1 heterocycles. The largest absolute Gasteiger partial charge is 0.311 e. The molecule has 3 rings (SSSR count). The van der Waals surface area contributed by atoms with Crippen molar-refractivity contribution in [3.63, 3.8) is 0 Å². The third kappa shape index (κ3) is 2.67. The number of hydrogen-bond donors (Lipinski definition) is 1. The molecule has 4 heteroatoms. The summed E-state index contributed by atoms with van der Waals surface area (Å²) >= 11 is 6.28. The van der Waals surface area contributed by atoms with E-state index in [1.165, 1.54) is 16.3 Å². The van der Waals surface area contributed by atoms with Crippen LogP contribution in [0.3, 0.4) is 0 Å². The van der Waals surface area contributed by atoms with Crippen LogP contribution in [0, 0.1) is 0 Å². The number of rotatable bonds is 4. The highest BCUT2D eigenvalue weighted by Crippen LogP contribution is 2.27. The van der Waals surface area contributed by atoms with Gasteiger partial charge >= 0.3 is 0 Å². The summed E-state index contributed by atoms with van der Waals surface area (Å²) < 4.78 is 1.84. The number of aromatic nitrogens is 2. The quantitative estimate of drug-likeness (QED) is 0.795. The summed E-state index contributed by atoms with van der Waals surface area (Å²) in [7, 11) is 3.88. The van der Waals surface area contributed by atoms with E-state index in [0.29, 0.717) is 5.02 Å². The Morgan fingerprint density at radius 3 is 2.67 bits per heavy atom. The third-order valence-electron chi connectivity index (χ3n) is 3.92. The Labute approximate surface area is 129 Å².